The number of anilines is 1. The van der Waals surface area contributed by atoms with Gasteiger partial charge in [-0.05, 0) is 49.4 Å². The maximum Gasteiger partial charge on any atom is 0.160 e. The summed E-state index contributed by atoms with van der Waals surface area (Å²) in [6, 6.07) is 12.4. The molecule has 1 atom stereocenters. The van der Waals surface area contributed by atoms with E-state index in [9.17, 15) is 5.11 Å². The molecule has 0 radical (unpaired) electrons. The normalized spacial score (nSPS) is 19.8. The fourth-order valence-electron chi connectivity index (χ4n) is 4.17. The number of hydrogen-bond donors (Lipinski definition) is 1. The first-order chi connectivity index (χ1) is 13.6. The monoisotopic (exact) mass is 377 g/mol. The summed E-state index contributed by atoms with van der Waals surface area (Å²) in [4.78, 5) is 6.59. The highest BCUT2D eigenvalue weighted by molar-refractivity contribution is 5.52. The maximum atomic E-state index is 10.3. The largest absolute Gasteiger partial charge is 0.396 e. The second-order valence-corrected chi connectivity index (χ2v) is 7.93. The Labute approximate surface area is 165 Å². The molecule has 1 aromatic carbocycles. The van der Waals surface area contributed by atoms with Crippen molar-refractivity contribution in [3.05, 3.63) is 59.9 Å². The number of nitrogens with zero attached hydrogens (tertiary/aromatic N) is 5. The van der Waals surface area contributed by atoms with E-state index in [0.29, 0.717) is 0 Å². The summed E-state index contributed by atoms with van der Waals surface area (Å²) < 4.78 is 1.93. The molecule has 0 aliphatic carbocycles. The molecule has 1 aliphatic rings. The van der Waals surface area contributed by atoms with Crippen molar-refractivity contribution < 1.29 is 5.11 Å². The average Bonchev–Trinajstić information content (AvgIpc) is 3.16. The lowest BCUT2D eigenvalue weighted by Gasteiger charge is -2.42. The van der Waals surface area contributed by atoms with Crippen LogP contribution in [0, 0.1) is 12.3 Å². The van der Waals surface area contributed by atoms with Crippen LogP contribution in [0.3, 0.4) is 0 Å². The van der Waals surface area contributed by atoms with Crippen molar-refractivity contribution in [2.24, 2.45) is 12.5 Å². The Bertz CT molecular complexity index is 936. The van der Waals surface area contributed by atoms with Gasteiger partial charge in [-0.15, -0.1) is 10.2 Å². The zero-order chi connectivity index (χ0) is 19.6. The van der Waals surface area contributed by atoms with Crippen molar-refractivity contribution in [2.75, 3.05) is 24.6 Å². The molecule has 4 rings (SSSR count). The molecule has 0 spiro atoms. The van der Waals surface area contributed by atoms with E-state index in [1.54, 1.807) is 6.20 Å². The number of imidazole rings is 1. The van der Waals surface area contributed by atoms with Crippen LogP contribution in [0.15, 0.2) is 48.8 Å². The van der Waals surface area contributed by atoms with Gasteiger partial charge in [0.25, 0.3) is 0 Å². The van der Waals surface area contributed by atoms with Gasteiger partial charge >= 0.3 is 0 Å². The molecule has 0 saturated carbocycles. The number of hydrogen-bond acceptors (Lipinski definition) is 5. The van der Waals surface area contributed by atoms with Gasteiger partial charge in [0.05, 0.1) is 6.61 Å². The number of piperidine rings is 1. The Morgan fingerprint density at radius 3 is 2.68 bits per heavy atom. The minimum absolute atomic E-state index is 0.148. The molecule has 0 unspecified atom stereocenters. The van der Waals surface area contributed by atoms with Crippen LogP contribution < -0.4 is 4.90 Å². The minimum atomic E-state index is -0.148. The number of benzene rings is 1. The van der Waals surface area contributed by atoms with Crippen molar-refractivity contribution in [1.82, 2.24) is 19.7 Å². The molecular weight excluding hydrogens is 350 g/mol. The van der Waals surface area contributed by atoms with Gasteiger partial charge in [-0.3, -0.25) is 0 Å². The molecule has 146 valence electrons. The average molecular weight is 377 g/mol. The first-order valence-electron chi connectivity index (χ1n) is 9.82. The second-order valence-electron chi connectivity index (χ2n) is 7.93. The molecule has 28 heavy (non-hydrogen) atoms. The van der Waals surface area contributed by atoms with Crippen molar-refractivity contribution >= 4 is 5.82 Å². The van der Waals surface area contributed by atoms with E-state index in [4.69, 9.17) is 0 Å². The van der Waals surface area contributed by atoms with Gasteiger partial charge in [-0.25, -0.2) is 4.98 Å². The molecule has 6 nitrogen and oxygen atoms in total. The van der Waals surface area contributed by atoms with E-state index in [1.165, 1.54) is 11.1 Å². The highest BCUT2D eigenvalue weighted by Crippen LogP contribution is 2.35. The van der Waals surface area contributed by atoms with E-state index in [1.807, 2.05) is 29.9 Å². The van der Waals surface area contributed by atoms with Gasteiger partial charge in [0.1, 0.15) is 5.69 Å². The van der Waals surface area contributed by atoms with Crippen LogP contribution in [-0.2, 0) is 13.5 Å². The third-order valence-electron chi connectivity index (χ3n) is 5.85. The first kappa shape index (κ1) is 18.6. The molecule has 1 aliphatic heterocycles. The quantitative estimate of drug-likeness (QED) is 0.740. The van der Waals surface area contributed by atoms with Crippen LogP contribution >= 0.6 is 0 Å². The topological polar surface area (TPSA) is 67.1 Å². The lowest BCUT2D eigenvalue weighted by Crippen LogP contribution is -2.47. The van der Waals surface area contributed by atoms with Crippen molar-refractivity contribution in [3.63, 3.8) is 0 Å². The van der Waals surface area contributed by atoms with Crippen molar-refractivity contribution in [2.45, 2.75) is 26.2 Å². The summed E-state index contributed by atoms with van der Waals surface area (Å²) in [6.45, 7) is 4.04. The molecule has 1 fully saturated rings. The van der Waals surface area contributed by atoms with E-state index in [0.717, 1.165) is 49.7 Å². The number of rotatable bonds is 5. The lowest BCUT2D eigenvalue weighted by molar-refractivity contribution is 0.105. The van der Waals surface area contributed by atoms with Gasteiger partial charge in [0, 0.05) is 37.9 Å². The third kappa shape index (κ3) is 3.64. The number of aliphatic hydroxyl groups excluding tert-OH is 1. The Morgan fingerprint density at radius 1 is 1.14 bits per heavy atom. The van der Waals surface area contributed by atoms with Crippen LogP contribution in [0.1, 0.15) is 24.0 Å². The predicted molar refractivity (Wildman–Crippen MR) is 110 cm³/mol. The van der Waals surface area contributed by atoms with E-state index in [2.05, 4.69) is 51.3 Å². The van der Waals surface area contributed by atoms with Crippen molar-refractivity contribution in [3.8, 4) is 11.5 Å². The van der Waals surface area contributed by atoms with E-state index in [-0.39, 0.29) is 12.0 Å². The molecule has 3 aromatic rings. The molecule has 1 N–H and O–H groups in total. The van der Waals surface area contributed by atoms with Gasteiger partial charge in [0.15, 0.2) is 11.6 Å². The number of aryl methyl sites for hydroxylation is 2. The summed E-state index contributed by atoms with van der Waals surface area (Å²) in [5.74, 6) is 1.67. The zero-order valence-corrected chi connectivity index (χ0v) is 16.5. The third-order valence-corrected chi connectivity index (χ3v) is 5.85. The molecule has 6 heteroatoms. The summed E-state index contributed by atoms with van der Waals surface area (Å²) in [5.41, 5.74) is 3.22. The highest BCUT2D eigenvalue weighted by atomic mass is 16.3. The maximum absolute atomic E-state index is 10.3. The molecular formula is C22H27N5O. The lowest BCUT2D eigenvalue weighted by atomic mass is 9.75. The van der Waals surface area contributed by atoms with E-state index < -0.39 is 0 Å². The molecule has 3 heterocycles. The van der Waals surface area contributed by atoms with Crippen LogP contribution in [0.2, 0.25) is 0 Å². The summed E-state index contributed by atoms with van der Waals surface area (Å²) >= 11 is 0. The second kappa shape index (κ2) is 7.72. The Hall–Kier alpha value is -2.73. The molecule has 2 aromatic heterocycles. The fourth-order valence-corrected chi connectivity index (χ4v) is 4.17. The summed E-state index contributed by atoms with van der Waals surface area (Å²) in [6.07, 6.45) is 6.60. The zero-order valence-electron chi connectivity index (χ0n) is 16.5. The predicted octanol–water partition coefficient (Wildman–Crippen LogP) is 3.01. The Kier molecular flexibility index (Phi) is 5.13. The number of aliphatic hydroxyl groups is 1. The van der Waals surface area contributed by atoms with Crippen LogP contribution in [0.5, 0.6) is 0 Å². The number of aromatic nitrogens is 4. The summed E-state index contributed by atoms with van der Waals surface area (Å²) in [5, 5.41) is 19.1. The molecule has 0 amide bonds. The molecule has 0 bridgehead atoms. The fraction of sp³-hybridized carbons (Fsp3) is 0.409. The molecule has 1 saturated heterocycles. The summed E-state index contributed by atoms with van der Waals surface area (Å²) in [7, 11) is 1.95. The van der Waals surface area contributed by atoms with E-state index >= 15 is 0 Å². The minimum Gasteiger partial charge on any atom is -0.396 e. The van der Waals surface area contributed by atoms with Gasteiger partial charge in [-0.2, -0.15) is 0 Å². The van der Waals surface area contributed by atoms with Crippen LogP contribution in [0.25, 0.3) is 11.5 Å². The Balaban J connectivity index is 1.54. The van der Waals surface area contributed by atoms with Crippen LogP contribution in [0.4, 0.5) is 5.82 Å². The Morgan fingerprint density at radius 2 is 2.00 bits per heavy atom. The van der Waals surface area contributed by atoms with Crippen molar-refractivity contribution in [1.29, 1.82) is 0 Å². The van der Waals surface area contributed by atoms with Gasteiger partial charge in [0.2, 0.25) is 0 Å². The van der Waals surface area contributed by atoms with Crippen LogP contribution in [-0.4, -0.2) is 44.6 Å². The highest BCUT2D eigenvalue weighted by Gasteiger charge is 2.36. The SMILES string of the molecule is Cc1ccccc1C[C@]1(CO)CCCN(c2ccc(-c3nccn3C)nn2)C1. The van der Waals surface area contributed by atoms with Gasteiger partial charge < -0.3 is 14.6 Å². The smallest absolute Gasteiger partial charge is 0.160 e. The first-order valence-corrected chi connectivity index (χ1v) is 9.82. The standard InChI is InChI=1S/C22H27N5O/c1-17-6-3-4-7-18(17)14-22(16-28)10-5-12-27(15-22)20-9-8-19(24-25-20)21-23-11-13-26(21)2/h3-4,6-9,11,13,28H,5,10,12,14-16H2,1-2H3/t22-/m1/s1. The van der Waals surface area contributed by atoms with Gasteiger partial charge in [-0.1, -0.05) is 24.3 Å².